The Balaban J connectivity index is 3.56. The van der Waals surface area contributed by atoms with Gasteiger partial charge in [0.15, 0.2) is 0 Å². The van der Waals surface area contributed by atoms with Crippen LogP contribution in [-0.2, 0) is 0 Å². The lowest BCUT2D eigenvalue weighted by Gasteiger charge is -1.96. The smallest absolute Gasteiger partial charge is 0.0412 e. The average Bonchev–Trinajstić information content (AvgIpc) is 1.87. The fourth-order valence-corrected chi connectivity index (χ4v) is 0.482. The maximum Gasteiger partial charge on any atom is 0.0412 e. The van der Waals surface area contributed by atoms with Gasteiger partial charge < -0.3 is 0 Å². The summed E-state index contributed by atoms with van der Waals surface area (Å²) in [6, 6.07) is 0. The van der Waals surface area contributed by atoms with E-state index in [0.29, 0.717) is 5.92 Å². The first-order valence-corrected chi connectivity index (χ1v) is 3.79. The van der Waals surface area contributed by atoms with E-state index in [4.69, 9.17) is 0 Å². The number of hydrogen-bond acceptors (Lipinski definition) is 1. The van der Waals surface area contributed by atoms with Gasteiger partial charge in [0.25, 0.3) is 0 Å². The Morgan fingerprint density at radius 3 is 2.50 bits per heavy atom. The number of rotatable bonds is 3. The van der Waals surface area contributed by atoms with Crippen LogP contribution in [0, 0.1) is 5.92 Å². The van der Waals surface area contributed by atoms with E-state index in [0.717, 1.165) is 6.54 Å². The van der Waals surface area contributed by atoms with Gasteiger partial charge in [-0.3, -0.25) is 4.99 Å². The van der Waals surface area contributed by atoms with E-state index in [1.807, 2.05) is 13.1 Å². The SMILES string of the molecule is C/C=C(/C)C=NCC(C)C. The minimum Gasteiger partial charge on any atom is -0.293 e. The quantitative estimate of drug-likeness (QED) is 0.533. The summed E-state index contributed by atoms with van der Waals surface area (Å²) in [6.45, 7) is 9.36. The first kappa shape index (κ1) is 9.41. The highest BCUT2D eigenvalue weighted by atomic mass is 14.7. The Morgan fingerprint density at radius 1 is 1.50 bits per heavy atom. The summed E-state index contributed by atoms with van der Waals surface area (Å²) in [6.07, 6.45) is 3.99. The number of allylic oxidation sites excluding steroid dienone is 2. The minimum absolute atomic E-state index is 0.668. The number of aliphatic imine (C=N–C) groups is 1. The molecule has 1 heteroatoms. The third-order valence-electron chi connectivity index (χ3n) is 1.22. The first-order chi connectivity index (χ1) is 4.66. The van der Waals surface area contributed by atoms with E-state index < -0.39 is 0 Å². The van der Waals surface area contributed by atoms with Crippen molar-refractivity contribution in [2.45, 2.75) is 27.7 Å². The van der Waals surface area contributed by atoms with Crippen LogP contribution in [0.3, 0.4) is 0 Å². The summed E-state index contributed by atoms with van der Waals surface area (Å²) >= 11 is 0. The van der Waals surface area contributed by atoms with Crippen LogP contribution in [0.5, 0.6) is 0 Å². The number of nitrogens with zero attached hydrogens (tertiary/aromatic N) is 1. The third kappa shape index (κ3) is 5.54. The van der Waals surface area contributed by atoms with Crippen molar-refractivity contribution in [3.05, 3.63) is 11.6 Å². The Labute approximate surface area is 63.9 Å². The van der Waals surface area contributed by atoms with Crippen LogP contribution in [0.4, 0.5) is 0 Å². The maximum atomic E-state index is 4.25. The van der Waals surface area contributed by atoms with Crippen molar-refractivity contribution < 1.29 is 0 Å². The normalized spacial score (nSPS) is 13.5. The molecule has 10 heavy (non-hydrogen) atoms. The van der Waals surface area contributed by atoms with Crippen molar-refractivity contribution in [1.82, 2.24) is 0 Å². The van der Waals surface area contributed by atoms with Crippen LogP contribution in [-0.4, -0.2) is 12.8 Å². The molecule has 0 aliphatic heterocycles. The molecular weight excluding hydrogens is 122 g/mol. The molecule has 0 rings (SSSR count). The Morgan fingerprint density at radius 2 is 2.10 bits per heavy atom. The van der Waals surface area contributed by atoms with Crippen molar-refractivity contribution in [2.24, 2.45) is 10.9 Å². The summed E-state index contributed by atoms with van der Waals surface area (Å²) < 4.78 is 0. The molecule has 0 saturated heterocycles. The fraction of sp³-hybridized carbons (Fsp3) is 0.667. The molecular formula is C9H17N. The standard InChI is InChI=1S/C9H17N/c1-5-9(4)7-10-6-8(2)3/h5,7-8H,6H2,1-4H3/b9-5-,10-7?. The molecule has 0 aliphatic rings. The van der Waals surface area contributed by atoms with Crippen LogP contribution in [0.1, 0.15) is 27.7 Å². The van der Waals surface area contributed by atoms with E-state index in [2.05, 4.69) is 31.8 Å². The molecule has 0 radical (unpaired) electrons. The van der Waals surface area contributed by atoms with Crippen molar-refractivity contribution in [3.8, 4) is 0 Å². The molecule has 0 aromatic heterocycles. The van der Waals surface area contributed by atoms with Crippen LogP contribution in [0.15, 0.2) is 16.6 Å². The molecule has 0 aromatic carbocycles. The zero-order valence-corrected chi connectivity index (χ0v) is 7.39. The average molecular weight is 139 g/mol. The van der Waals surface area contributed by atoms with E-state index >= 15 is 0 Å². The molecule has 0 aromatic rings. The number of hydrogen-bond donors (Lipinski definition) is 0. The second kappa shape index (κ2) is 5.21. The summed E-state index contributed by atoms with van der Waals surface area (Å²) in [7, 11) is 0. The molecule has 0 bridgehead atoms. The van der Waals surface area contributed by atoms with Gasteiger partial charge in [-0.2, -0.15) is 0 Å². The highest BCUT2D eigenvalue weighted by Gasteiger charge is 1.87. The third-order valence-corrected chi connectivity index (χ3v) is 1.22. The van der Waals surface area contributed by atoms with Crippen LogP contribution in [0.2, 0.25) is 0 Å². The fourth-order valence-electron chi connectivity index (χ4n) is 0.482. The molecule has 58 valence electrons. The van der Waals surface area contributed by atoms with Crippen LogP contribution >= 0.6 is 0 Å². The van der Waals surface area contributed by atoms with E-state index in [9.17, 15) is 0 Å². The Hall–Kier alpha value is -0.590. The monoisotopic (exact) mass is 139 g/mol. The van der Waals surface area contributed by atoms with Crippen molar-refractivity contribution in [3.63, 3.8) is 0 Å². The van der Waals surface area contributed by atoms with Gasteiger partial charge in [-0.05, 0) is 25.3 Å². The molecule has 0 spiro atoms. The highest BCUT2D eigenvalue weighted by molar-refractivity contribution is 5.77. The molecule has 0 saturated carbocycles. The van der Waals surface area contributed by atoms with Crippen molar-refractivity contribution >= 4 is 6.21 Å². The lowest BCUT2D eigenvalue weighted by Crippen LogP contribution is -1.92. The zero-order chi connectivity index (χ0) is 7.98. The molecule has 0 aliphatic carbocycles. The van der Waals surface area contributed by atoms with Gasteiger partial charge >= 0.3 is 0 Å². The summed E-state index contributed by atoms with van der Waals surface area (Å²) in [5, 5.41) is 0. The van der Waals surface area contributed by atoms with Crippen LogP contribution < -0.4 is 0 Å². The molecule has 0 unspecified atom stereocenters. The first-order valence-electron chi connectivity index (χ1n) is 3.79. The largest absolute Gasteiger partial charge is 0.293 e. The predicted octanol–water partition coefficient (Wildman–Crippen LogP) is 2.68. The lowest BCUT2D eigenvalue weighted by atomic mass is 10.2. The van der Waals surface area contributed by atoms with Crippen molar-refractivity contribution in [2.75, 3.05) is 6.54 Å². The van der Waals surface area contributed by atoms with Gasteiger partial charge in [-0.15, -0.1) is 0 Å². The minimum atomic E-state index is 0.668. The highest BCUT2D eigenvalue weighted by Crippen LogP contribution is 1.92. The lowest BCUT2D eigenvalue weighted by molar-refractivity contribution is 0.667. The predicted molar refractivity (Wildman–Crippen MR) is 47.6 cm³/mol. The topological polar surface area (TPSA) is 12.4 Å². The molecule has 0 atom stereocenters. The van der Waals surface area contributed by atoms with Crippen LogP contribution in [0.25, 0.3) is 0 Å². The van der Waals surface area contributed by atoms with E-state index in [1.165, 1.54) is 5.57 Å². The van der Waals surface area contributed by atoms with E-state index in [1.54, 1.807) is 0 Å². The second-order valence-corrected chi connectivity index (χ2v) is 2.92. The summed E-state index contributed by atoms with van der Waals surface area (Å²) in [5.74, 6) is 0.668. The molecule has 0 N–H and O–H groups in total. The summed E-state index contributed by atoms with van der Waals surface area (Å²) in [4.78, 5) is 4.25. The van der Waals surface area contributed by atoms with Gasteiger partial charge in [-0.25, -0.2) is 0 Å². The van der Waals surface area contributed by atoms with Gasteiger partial charge in [0.2, 0.25) is 0 Å². The van der Waals surface area contributed by atoms with Gasteiger partial charge in [0.05, 0.1) is 0 Å². The maximum absolute atomic E-state index is 4.25. The summed E-state index contributed by atoms with van der Waals surface area (Å²) in [5.41, 5.74) is 1.24. The molecule has 0 amide bonds. The Kier molecular flexibility index (Phi) is 4.91. The van der Waals surface area contributed by atoms with Gasteiger partial charge in [0, 0.05) is 12.8 Å². The van der Waals surface area contributed by atoms with Gasteiger partial charge in [0.1, 0.15) is 0 Å². The molecule has 0 fully saturated rings. The van der Waals surface area contributed by atoms with Crippen molar-refractivity contribution in [1.29, 1.82) is 0 Å². The molecule has 1 nitrogen and oxygen atoms in total. The Bertz CT molecular complexity index is 132. The van der Waals surface area contributed by atoms with Gasteiger partial charge in [-0.1, -0.05) is 19.9 Å². The van der Waals surface area contributed by atoms with E-state index in [-0.39, 0.29) is 0 Å². The zero-order valence-electron chi connectivity index (χ0n) is 7.39. The molecule has 0 heterocycles. The second-order valence-electron chi connectivity index (χ2n) is 2.92.